The summed E-state index contributed by atoms with van der Waals surface area (Å²) in [7, 11) is 0. The highest BCUT2D eigenvalue weighted by Gasteiger charge is 2.20. The zero-order valence-corrected chi connectivity index (χ0v) is 14.2. The molecule has 26 heavy (non-hydrogen) atoms. The molecule has 4 N–H and O–H groups in total. The second-order valence-electron chi connectivity index (χ2n) is 6.07. The number of hydrogen-bond donors (Lipinski definition) is 4. The Kier molecular flexibility index (Phi) is 5.66. The van der Waals surface area contributed by atoms with E-state index in [0.29, 0.717) is 18.7 Å². The van der Waals surface area contributed by atoms with Crippen molar-refractivity contribution in [1.29, 1.82) is 0 Å². The lowest BCUT2D eigenvalue weighted by Gasteiger charge is -2.14. The van der Waals surface area contributed by atoms with Crippen molar-refractivity contribution >= 4 is 28.5 Å². The van der Waals surface area contributed by atoms with Crippen molar-refractivity contribution in [3.63, 3.8) is 0 Å². The van der Waals surface area contributed by atoms with E-state index in [2.05, 4.69) is 15.6 Å². The number of aromatic amines is 1. The highest BCUT2D eigenvalue weighted by molar-refractivity contribution is 5.94. The largest absolute Gasteiger partial charge is 0.480 e. The van der Waals surface area contributed by atoms with Crippen LogP contribution in [0.25, 0.3) is 10.9 Å². The van der Waals surface area contributed by atoms with Crippen molar-refractivity contribution in [2.45, 2.75) is 18.9 Å². The smallest absolute Gasteiger partial charge is 0.321 e. The summed E-state index contributed by atoms with van der Waals surface area (Å²) in [5.41, 5.74) is 2.82. The molecule has 1 amide bonds. The van der Waals surface area contributed by atoms with Gasteiger partial charge in [-0.25, -0.2) is 0 Å². The molecule has 0 bridgehead atoms. The molecule has 6 nitrogen and oxygen atoms in total. The van der Waals surface area contributed by atoms with E-state index >= 15 is 0 Å². The number of carbonyl (C=O) groups excluding carboxylic acids is 1. The second kappa shape index (κ2) is 8.31. The number of H-pyrrole nitrogens is 1. The van der Waals surface area contributed by atoms with E-state index in [1.165, 1.54) is 0 Å². The van der Waals surface area contributed by atoms with Gasteiger partial charge in [-0.1, -0.05) is 36.4 Å². The van der Waals surface area contributed by atoms with E-state index in [0.717, 1.165) is 16.5 Å². The number of carbonyl (C=O) groups is 2. The topological polar surface area (TPSA) is 94.2 Å². The normalized spacial score (nSPS) is 12.0. The Morgan fingerprint density at radius 3 is 2.54 bits per heavy atom. The third-order valence-corrected chi connectivity index (χ3v) is 4.21. The molecule has 0 aliphatic carbocycles. The SMILES string of the molecule is O=C(C[C@H](NCCc1c[nH]c2ccccc12)C(=O)O)Nc1ccccc1. The van der Waals surface area contributed by atoms with Gasteiger partial charge in [-0.15, -0.1) is 0 Å². The van der Waals surface area contributed by atoms with E-state index in [9.17, 15) is 14.7 Å². The number of nitrogens with one attached hydrogen (secondary N) is 3. The van der Waals surface area contributed by atoms with Crippen LogP contribution in [0.5, 0.6) is 0 Å². The first kappa shape index (κ1) is 17.7. The van der Waals surface area contributed by atoms with E-state index < -0.39 is 12.0 Å². The number of hydrogen-bond acceptors (Lipinski definition) is 3. The van der Waals surface area contributed by atoms with Crippen molar-refractivity contribution < 1.29 is 14.7 Å². The van der Waals surface area contributed by atoms with Gasteiger partial charge >= 0.3 is 5.97 Å². The molecule has 2 aromatic carbocycles. The Hall–Kier alpha value is -3.12. The minimum Gasteiger partial charge on any atom is -0.480 e. The van der Waals surface area contributed by atoms with Gasteiger partial charge in [0, 0.05) is 29.3 Å². The van der Waals surface area contributed by atoms with Crippen LogP contribution in [0.1, 0.15) is 12.0 Å². The average molecular weight is 351 g/mol. The number of aromatic nitrogens is 1. The predicted molar refractivity (Wildman–Crippen MR) is 101 cm³/mol. The van der Waals surface area contributed by atoms with Crippen molar-refractivity contribution in [1.82, 2.24) is 10.3 Å². The lowest BCUT2D eigenvalue weighted by atomic mass is 10.1. The number of carboxylic acids is 1. The van der Waals surface area contributed by atoms with Gasteiger partial charge in [0.25, 0.3) is 0 Å². The predicted octanol–water partition coefficient (Wildman–Crippen LogP) is 2.78. The molecule has 3 rings (SSSR count). The molecule has 0 saturated heterocycles. The van der Waals surface area contributed by atoms with E-state index in [1.807, 2.05) is 48.7 Å². The fraction of sp³-hybridized carbons (Fsp3) is 0.200. The fourth-order valence-corrected chi connectivity index (χ4v) is 2.89. The van der Waals surface area contributed by atoms with Gasteiger partial charge in [-0.3, -0.25) is 9.59 Å². The molecule has 3 aromatic rings. The Morgan fingerprint density at radius 1 is 1.04 bits per heavy atom. The molecule has 0 unspecified atom stereocenters. The second-order valence-corrected chi connectivity index (χ2v) is 6.07. The van der Waals surface area contributed by atoms with E-state index in [4.69, 9.17) is 0 Å². The van der Waals surface area contributed by atoms with E-state index in [1.54, 1.807) is 12.1 Å². The number of aliphatic carboxylic acids is 1. The van der Waals surface area contributed by atoms with Crippen LogP contribution < -0.4 is 10.6 Å². The molecule has 0 spiro atoms. The molecule has 0 radical (unpaired) electrons. The third-order valence-electron chi connectivity index (χ3n) is 4.21. The van der Waals surface area contributed by atoms with E-state index in [-0.39, 0.29) is 12.3 Å². The van der Waals surface area contributed by atoms with Crippen LogP contribution in [0.4, 0.5) is 5.69 Å². The zero-order chi connectivity index (χ0) is 18.4. The van der Waals surface area contributed by atoms with Gasteiger partial charge in [0.1, 0.15) is 6.04 Å². The molecule has 1 heterocycles. The minimum absolute atomic E-state index is 0.127. The third kappa shape index (κ3) is 4.49. The summed E-state index contributed by atoms with van der Waals surface area (Å²) in [6.07, 6.45) is 2.48. The minimum atomic E-state index is -1.04. The van der Waals surface area contributed by atoms with Crippen molar-refractivity contribution in [3.05, 3.63) is 66.4 Å². The van der Waals surface area contributed by atoms with Crippen LogP contribution in [0, 0.1) is 0 Å². The highest BCUT2D eigenvalue weighted by Crippen LogP contribution is 2.17. The zero-order valence-electron chi connectivity index (χ0n) is 14.2. The maximum absolute atomic E-state index is 12.1. The summed E-state index contributed by atoms with van der Waals surface area (Å²) in [6, 6.07) is 16.0. The first-order chi connectivity index (χ1) is 12.6. The first-order valence-electron chi connectivity index (χ1n) is 8.49. The van der Waals surface area contributed by atoms with Gasteiger partial charge in [0.15, 0.2) is 0 Å². The monoisotopic (exact) mass is 351 g/mol. The summed E-state index contributed by atoms with van der Waals surface area (Å²) in [6.45, 7) is 0.470. The van der Waals surface area contributed by atoms with Crippen LogP contribution >= 0.6 is 0 Å². The van der Waals surface area contributed by atoms with Crippen LogP contribution in [0.2, 0.25) is 0 Å². The number of benzene rings is 2. The summed E-state index contributed by atoms with van der Waals surface area (Å²) in [4.78, 5) is 26.7. The maximum atomic E-state index is 12.1. The van der Waals surface area contributed by atoms with Crippen LogP contribution in [0.15, 0.2) is 60.8 Å². The molecule has 1 atom stereocenters. The van der Waals surface area contributed by atoms with Crippen molar-refractivity contribution in [2.24, 2.45) is 0 Å². The molecular formula is C20H21N3O3. The number of carboxylic acid groups (broad SMARTS) is 1. The molecule has 1 aromatic heterocycles. The number of amides is 1. The number of para-hydroxylation sites is 2. The van der Waals surface area contributed by atoms with Gasteiger partial charge < -0.3 is 20.7 Å². The Bertz CT molecular complexity index is 889. The Labute approximate surface area is 151 Å². The van der Waals surface area contributed by atoms with Gasteiger partial charge in [0.2, 0.25) is 5.91 Å². The standard InChI is InChI=1S/C20H21N3O3/c24-19(23-15-6-2-1-3-7-15)12-18(20(25)26)21-11-10-14-13-22-17-9-5-4-8-16(14)17/h1-9,13,18,21-22H,10-12H2,(H,23,24)(H,25,26)/t18-/m0/s1. The average Bonchev–Trinajstić information content (AvgIpc) is 3.05. The van der Waals surface area contributed by atoms with Crippen LogP contribution in [0.3, 0.4) is 0 Å². The maximum Gasteiger partial charge on any atom is 0.321 e. The number of fused-ring (bicyclic) bond motifs is 1. The summed E-state index contributed by atoms with van der Waals surface area (Å²) in [5.74, 6) is -1.37. The van der Waals surface area contributed by atoms with Gasteiger partial charge in [-0.2, -0.15) is 0 Å². The first-order valence-corrected chi connectivity index (χ1v) is 8.49. The summed E-state index contributed by atoms with van der Waals surface area (Å²) >= 11 is 0. The number of anilines is 1. The molecule has 0 aliphatic rings. The fourth-order valence-electron chi connectivity index (χ4n) is 2.89. The number of rotatable bonds is 8. The van der Waals surface area contributed by atoms with Crippen molar-refractivity contribution in [3.8, 4) is 0 Å². The summed E-state index contributed by atoms with van der Waals surface area (Å²) in [5, 5.41) is 16.2. The molecule has 134 valence electrons. The highest BCUT2D eigenvalue weighted by atomic mass is 16.4. The molecule has 0 saturated carbocycles. The lowest BCUT2D eigenvalue weighted by Crippen LogP contribution is -2.40. The lowest BCUT2D eigenvalue weighted by molar-refractivity contribution is -0.141. The Morgan fingerprint density at radius 2 is 1.77 bits per heavy atom. The van der Waals surface area contributed by atoms with Gasteiger partial charge in [0.05, 0.1) is 6.42 Å². The van der Waals surface area contributed by atoms with Crippen molar-refractivity contribution in [2.75, 3.05) is 11.9 Å². The Balaban J connectivity index is 1.53. The molecule has 0 aliphatic heterocycles. The molecule has 0 fully saturated rings. The van der Waals surface area contributed by atoms with Crippen LogP contribution in [-0.2, 0) is 16.0 Å². The summed E-state index contributed by atoms with van der Waals surface area (Å²) < 4.78 is 0. The molecular weight excluding hydrogens is 330 g/mol. The quantitative estimate of drug-likeness (QED) is 0.502. The molecule has 6 heteroatoms. The van der Waals surface area contributed by atoms with Gasteiger partial charge in [-0.05, 0) is 30.2 Å². The van der Waals surface area contributed by atoms with Crippen LogP contribution in [-0.4, -0.2) is 34.6 Å².